The topological polar surface area (TPSA) is 58.5 Å². The molecule has 1 amide bonds. The van der Waals surface area contributed by atoms with Crippen LogP contribution in [-0.2, 0) is 20.6 Å². The first-order chi connectivity index (χ1) is 12.9. The molecule has 2 aromatic rings. The fourth-order valence-electron chi connectivity index (χ4n) is 3.79. The molecule has 5 heteroatoms. The van der Waals surface area contributed by atoms with E-state index in [4.69, 9.17) is 0 Å². The van der Waals surface area contributed by atoms with E-state index in [9.17, 15) is 9.00 Å². The van der Waals surface area contributed by atoms with Crippen LogP contribution in [0.5, 0.6) is 0 Å². The number of nitrogens with zero attached hydrogens (tertiary/aromatic N) is 1. The number of amides is 1. The maximum Gasteiger partial charge on any atom is 0.255 e. The van der Waals surface area contributed by atoms with Crippen LogP contribution in [0.4, 0.5) is 11.4 Å². The molecule has 1 aliphatic carbocycles. The Balaban J connectivity index is 1.85. The Kier molecular flexibility index (Phi) is 5.17. The number of anilines is 1. The van der Waals surface area contributed by atoms with E-state index in [1.807, 2.05) is 6.07 Å². The molecule has 3 rings (SSSR count). The van der Waals surface area contributed by atoms with Crippen LogP contribution in [0.2, 0.25) is 0 Å². The van der Waals surface area contributed by atoms with E-state index in [-0.39, 0.29) is 16.7 Å². The summed E-state index contributed by atoms with van der Waals surface area (Å²) in [6.45, 7) is 9.06. The summed E-state index contributed by atoms with van der Waals surface area (Å²) in [5.74, 6) is -0.124. The van der Waals surface area contributed by atoms with Crippen molar-refractivity contribution in [1.82, 2.24) is 0 Å². The lowest BCUT2D eigenvalue weighted by Gasteiger charge is -2.42. The number of carbonyl (C=O) groups is 1. The minimum atomic E-state index is -2.20. The zero-order valence-electron chi connectivity index (χ0n) is 17.6. The second-order valence-electron chi connectivity index (χ2n) is 9.30. The van der Waals surface area contributed by atoms with Crippen molar-refractivity contribution in [3.63, 3.8) is 0 Å². The van der Waals surface area contributed by atoms with Crippen molar-refractivity contribution < 1.29 is 9.00 Å². The van der Waals surface area contributed by atoms with Crippen molar-refractivity contribution in [2.45, 2.75) is 51.4 Å². The van der Waals surface area contributed by atoms with Gasteiger partial charge in [0.05, 0.1) is 5.69 Å². The van der Waals surface area contributed by atoms with E-state index >= 15 is 0 Å². The standard InChI is InChI=1S/C23H30N2O2S/c1-22(2)13-14-23(3,4)20-15-16(7-12-19(20)22)21(26)24-17-8-10-18(11-9-17)25-28(5,6)27/h7-12,15H,13-14H2,1-6H3,(H,24,26). The van der Waals surface area contributed by atoms with Gasteiger partial charge in [-0.15, -0.1) is 0 Å². The van der Waals surface area contributed by atoms with Crippen LogP contribution < -0.4 is 5.32 Å². The Morgan fingerprint density at radius 2 is 1.50 bits per heavy atom. The normalized spacial score (nSPS) is 17.5. The average molecular weight is 399 g/mol. The van der Waals surface area contributed by atoms with Gasteiger partial charge in [-0.05, 0) is 71.2 Å². The molecule has 1 N–H and O–H groups in total. The lowest BCUT2D eigenvalue weighted by molar-refractivity contribution is 0.102. The number of hydrogen-bond acceptors (Lipinski definition) is 3. The summed E-state index contributed by atoms with van der Waals surface area (Å²) < 4.78 is 15.9. The summed E-state index contributed by atoms with van der Waals surface area (Å²) in [5, 5.41) is 2.95. The number of fused-ring (bicyclic) bond motifs is 1. The summed E-state index contributed by atoms with van der Waals surface area (Å²) in [5.41, 5.74) is 4.82. The molecule has 0 saturated heterocycles. The maximum absolute atomic E-state index is 12.8. The highest BCUT2D eigenvalue weighted by Gasteiger charge is 2.37. The molecule has 0 unspecified atom stereocenters. The van der Waals surface area contributed by atoms with Gasteiger partial charge in [0, 0.05) is 33.5 Å². The van der Waals surface area contributed by atoms with E-state index in [1.165, 1.54) is 11.1 Å². The largest absolute Gasteiger partial charge is 0.322 e. The number of rotatable bonds is 3. The second-order valence-corrected chi connectivity index (χ2v) is 11.8. The van der Waals surface area contributed by atoms with E-state index in [0.717, 1.165) is 12.8 Å². The Bertz CT molecular complexity index is 1020. The van der Waals surface area contributed by atoms with Gasteiger partial charge in [-0.3, -0.25) is 4.79 Å². The Morgan fingerprint density at radius 3 is 2.07 bits per heavy atom. The van der Waals surface area contributed by atoms with Gasteiger partial charge in [0.15, 0.2) is 0 Å². The lowest BCUT2D eigenvalue weighted by Crippen LogP contribution is -2.34. The Morgan fingerprint density at radius 1 is 0.929 bits per heavy atom. The molecule has 0 atom stereocenters. The zero-order chi connectivity index (χ0) is 20.7. The van der Waals surface area contributed by atoms with Gasteiger partial charge in [-0.25, -0.2) is 4.21 Å². The summed E-state index contributed by atoms with van der Waals surface area (Å²) in [7, 11) is -2.20. The van der Waals surface area contributed by atoms with Gasteiger partial charge >= 0.3 is 0 Å². The highest BCUT2D eigenvalue weighted by atomic mass is 32.2. The van der Waals surface area contributed by atoms with Crippen molar-refractivity contribution in [2.24, 2.45) is 4.36 Å². The van der Waals surface area contributed by atoms with Crippen LogP contribution in [0.1, 0.15) is 62.0 Å². The maximum atomic E-state index is 12.8. The van der Waals surface area contributed by atoms with Gasteiger partial charge in [0.2, 0.25) is 0 Å². The summed E-state index contributed by atoms with van der Waals surface area (Å²) in [6, 6.07) is 13.2. The smallest absolute Gasteiger partial charge is 0.255 e. The van der Waals surface area contributed by atoms with Crippen LogP contribution in [0.25, 0.3) is 0 Å². The Labute approximate surface area is 168 Å². The molecule has 0 fully saturated rings. The second kappa shape index (κ2) is 7.03. The molecule has 2 aromatic carbocycles. The molecule has 0 bridgehead atoms. The highest BCUT2D eigenvalue weighted by Crippen LogP contribution is 2.45. The first-order valence-corrected chi connectivity index (χ1v) is 11.9. The third-order valence-electron chi connectivity index (χ3n) is 5.57. The number of benzene rings is 2. The minimum Gasteiger partial charge on any atom is -0.322 e. The monoisotopic (exact) mass is 398 g/mol. The fourth-order valence-corrected chi connectivity index (χ4v) is 4.42. The molecule has 28 heavy (non-hydrogen) atoms. The molecule has 0 heterocycles. The first-order valence-electron chi connectivity index (χ1n) is 9.61. The number of hydrogen-bond donors (Lipinski definition) is 1. The highest BCUT2D eigenvalue weighted by molar-refractivity contribution is 7.92. The quantitative estimate of drug-likeness (QED) is 0.726. The molecular weight excluding hydrogens is 368 g/mol. The van der Waals surface area contributed by atoms with Crippen LogP contribution >= 0.6 is 0 Å². The predicted molar refractivity (Wildman–Crippen MR) is 118 cm³/mol. The summed E-state index contributed by atoms with van der Waals surface area (Å²) >= 11 is 0. The van der Waals surface area contributed by atoms with E-state index in [0.29, 0.717) is 16.9 Å². The van der Waals surface area contributed by atoms with Crippen LogP contribution in [0.3, 0.4) is 0 Å². The third-order valence-corrected chi connectivity index (χ3v) is 6.22. The van der Waals surface area contributed by atoms with Gasteiger partial charge in [-0.2, -0.15) is 4.36 Å². The zero-order valence-corrected chi connectivity index (χ0v) is 18.4. The number of nitrogens with one attached hydrogen (secondary N) is 1. The van der Waals surface area contributed by atoms with Crippen molar-refractivity contribution in [1.29, 1.82) is 0 Å². The third kappa shape index (κ3) is 4.46. The van der Waals surface area contributed by atoms with Crippen molar-refractivity contribution in [3.05, 3.63) is 59.2 Å². The molecule has 0 spiro atoms. The molecule has 0 saturated carbocycles. The average Bonchev–Trinajstić information content (AvgIpc) is 2.59. The Hall–Kier alpha value is -2.14. The van der Waals surface area contributed by atoms with Gasteiger partial charge < -0.3 is 5.32 Å². The molecule has 0 aliphatic heterocycles. The van der Waals surface area contributed by atoms with Gasteiger partial charge in [0.1, 0.15) is 0 Å². The predicted octanol–water partition coefficient (Wildman–Crippen LogP) is 5.65. The minimum absolute atomic E-state index is 0.0672. The van der Waals surface area contributed by atoms with Gasteiger partial charge in [0.25, 0.3) is 5.91 Å². The first kappa shape index (κ1) is 20.6. The van der Waals surface area contributed by atoms with Crippen LogP contribution in [0.15, 0.2) is 46.8 Å². The van der Waals surface area contributed by atoms with E-state index < -0.39 is 9.73 Å². The molecule has 1 aliphatic rings. The van der Waals surface area contributed by atoms with Crippen molar-refractivity contribution in [3.8, 4) is 0 Å². The van der Waals surface area contributed by atoms with Crippen LogP contribution in [-0.4, -0.2) is 22.6 Å². The summed E-state index contributed by atoms with van der Waals surface area (Å²) in [6.07, 6.45) is 5.46. The molecule has 150 valence electrons. The number of carbonyl (C=O) groups excluding carboxylic acids is 1. The van der Waals surface area contributed by atoms with Crippen LogP contribution in [0, 0.1) is 0 Å². The lowest BCUT2D eigenvalue weighted by atomic mass is 9.63. The van der Waals surface area contributed by atoms with Crippen molar-refractivity contribution >= 4 is 27.0 Å². The SMILES string of the molecule is CC1(C)CCC(C)(C)c2cc(C(=O)Nc3ccc(N=S(C)(C)=O)cc3)ccc21. The molecule has 0 aromatic heterocycles. The fraction of sp³-hybridized carbons (Fsp3) is 0.435. The molecule has 0 radical (unpaired) electrons. The van der Waals surface area contributed by atoms with E-state index in [1.54, 1.807) is 36.8 Å². The van der Waals surface area contributed by atoms with E-state index in [2.05, 4.69) is 49.5 Å². The molecular formula is C23H30N2O2S. The summed E-state index contributed by atoms with van der Waals surface area (Å²) in [4.78, 5) is 12.8. The molecule has 4 nitrogen and oxygen atoms in total. The van der Waals surface area contributed by atoms with Gasteiger partial charge in [-0.1, -0.05) is 33.8 Å². The van der Waals surface area contributed by atoms with Crippen molar-refractivity contribution in [2.75, 3.05) is 17.8 Å².